The lowest BCUT2D eigenvalue weighted by Crippen LogP contribution is -2.16. The second-order valence-corrected chi connectivity index (χ2v) is 5.74. The first-order valence-corrected chi connectivity index (χ1v) is 7.48. The van der Waals surface area contributed by atoms with Crippen LogP contribution in [-0.4, -0.2) is 23.9 Å². The summed E-state index contributed by atoms with van der Waals surface area (Å²) in [4.78, 5) is 12.2. The van der Waals surface area contributed by atoms with E-state index in [1.54, 1.807) is 0 Å². The van der Waals surface area contributed by atoms with E-state index in [0.29, 0.717) is 11.0 Å². The number of benzene rings is 1. The number of carbonyl (C=O) groups is 1. The van der Waals surface area contributed by atoms with Gasteiger partial charge in [-0.1, -0.05) is 13.0 Å². The summed E-state index contributed by atoms with van der Waals surface area (Å²) < 4.78 is 0. The first-order valence-electron chi connectivity index (χ1n) is 6.26. The molecule has 1 aromatic rings. The molecule has 2 rings (SSSR count). The Balaban J connectivity index is 2.19. The lowest BCUT2D eigenvalue weighted by atomic mass is 10.0. The number of anilines is 1. The standard InChI is InChI=1S/C14H19NO2S/c1-3-14(7-8-14)9-15-10-5-4-6-11(18-2)12(10)13(16)17/h4-6,15H,3,7-9H2,1-2H3,(H,16,17). The molecule has 1 aromatic carbocycles. The number of thioether (sulfide) groups is 1. The summed E-state index contributed by atoms with van der Waals surface area (Å²) >= 11 is 1.47. The van der Waals surface area contributed by atoms with Crippen molar-refractivity contribution in [2.24, 2.45) is 5.41 Å². The molecule has 0 unspecified atom stereocenters. The predicted molar refractivity (Wildman–Crippen MR) is 75.6 cm³/mol. The van der Waals surface area contributed by atoms with E-state index < -0.39 is 5.97 Å². The molecule has 3 nitrogen and oxygen atoms in total. The minimum atomic E-state index is -0.858. The molecule has 0 spiro atoms. The molecule has 98 valence electrons. The van der Waals surface area contributed by atoms with Crippen LogP contribution >= 0.6 is 11.8 Å². The van der Waals surface area contributed by atoms with E-state index in [4.69, 9.17) is 0 Å². The van der Waals surface area contributed by atoms with Crippen LogP contribution in [0.3, 0.4) is 0 Å². The van der Waals surface area contributed by atoms with Gasteiger partial charge in [0.2, 0.25) is 0 Å². The molecule has 0 aliphatic heterocycles. The second-order valence-electron chi connectivity index (χ2n) is 4.90. The molecule has 0 saturated heterocycles. The fourth-order valence-corrected chi connectivity index (χ4v) is 2.80. The molecule has 4 heteroatoms. The highest BCUT2D eigenvalue weighted by Crippen LogP contribution is 2.48. The van der Waals surface area contributed by atoms with E-state index >= 15 is 0 Å². The Kier molecular flexibility index (Phi) is 3.85. The molecule has 2 N–H and O–H groups in total. The zero-order valence-electron chi connectivity index (χ0n) is 10.8. The Morgan fingerprint density at radius 2 is 2.22 bits per heavy atom. The third kappa shape index (κ3) is 2.64. The number of rotatable bonds is 6. The molecule has 0 aromatic heterocycles. The van der Waals surface area contributed by atoms with Crippen LogP contribution in [0.25, 0.3) is 0 Å². The van der Waals surface area contributed by atoms with E-state index in [-0.39, 0.29) is 0 Å². The van der Waals surface area contributed by atoms with Gasteiger partial charge in [0.25, 0.3) is 0 Å². The van der Waals surface area contributed by atoms with Crippen LogP contribution < -0.4 is 5.32 Å². The van der Waals surface area contributed by atoms with Crippen molar-refractivity contribution in [1.29, 1.82) is 0 Å². The third-order valence-electron chi connectivity index (χ3n) is 3.82. The van der Waals surface area contributed by atoms with Gasteiger partial charge >= 0.3 is 5.97 Å². The van der Waals surface area contributed by atoms with Crippen molar-refractivity contribution >= 4 is 23.4 Å². The highest BCUT2D eigenvalue weighted by Gasteiger charge is 2.40. The first-order chi connectivity index (χ1) is 8.62. The van der Waals surface area contributed by atoms with Crippen molar-refractivity contribution < 1.29 is 9.90 Å². The summed E-state index contributed by atoms with van der Waals surface area (Å²) in [6.07, 6.45) is 5.56. The van der Waals surface area contributed by atoms with Gasteiger partial charge in [0.1, 0.15) is 0 Å². The summed E-state index contributed by atoms with van der Waals surface area (Å²) in [6.45, 7) is 3.08. The van der Waals surface area contributed by atoms with E-state index in [9.17, 15) is 9.90 Å². The van der Waals surface area contributed by atoms with Gasteiger partial charge < -0.3 is 10.4 Å². The van der Waals surface area contributed by atoms with Crippen LogP contribution in [0, 0.1) is 5.41 Å². The smallest absolute Gasteiger partial charge is 0.338 e. The van der Waals surface area contributed by atoms with Gasteiger partial charge in [-0.3, -0.25) is 0 Å². The number of hydrogen-bond donors (Lipinski definition) is 2. The molecule has 1 aliphatic rings. The zero-order valence-corrected chi connectivity index (χ0v) is 11.6. The highest BCUT2D eigenvalue weighted by atomic mass is 32.2. The lowest BCUT2D eigenvalue weighted by molar-refractivity contribution is 0.0694. The summed E-state index contributed by atoms with van der Waals surface area (Å²) in [5.74, 6) is -0.858. The molecule has 1 aliphatic carbocycles. The highest BCUT2D eigenvalue weighted by molar-refractivity contribution is 7.98. The first kappa shape index (κ1) is 13.3. The SMILES string of the molecule is CCC1(CNc2cccc(SC)c2C(=O)O)CC1. The van der Waals surface area contributed by atoms with Crippen molar-refractivity contribution in [3.8, 4) is 0 Å². The molecule has 0 bridgehead atoms. The topological polar surface area (TPSA) is 49.3 Å². The van der Waals surface area contributed by atoms with Gasteiger partial charge in [0.05, 0.1) is 5.56 Å². The molecule has 0 radical (unpaired) electrons. The lowest BCUT2D eigenvalue weighted by Gasteiger charge is -2.17. The Morgan fingerprint density at radius 1 is 1.50 bits per heavy atom. The maximum Gasteiger partial charge on any atom is 0.338 e. The average molecular weight is 265 g/mol. The van der Waals surface area contributed by atoms with Crippen LogP contribution in [0.5, 0.6) is 0 Å². The Labute approximate surface area is 112 Å². The van der Waals surface area contributed by atoms with Crippen LogP contribution in [-0.2, 0) is 0 Å². The van der Waals surface area contributed by atoms with Crippen LogP contribution in [0.1, 0.15) is 36.5 Å². The number of hydrogen-bond acceptors (Lipinski definition) is 3. The van der Waals surface area contributed by atoms with Crippen molar-refractivity contribution in [2.45, 2.75) is 31.1 Å². The minimum absolute atomic E-state index is 0.400. The molecule has 0 amide bonds. The predicted octanol–water partition coefficient (Wildman–Crippen LogP) is 3.71. The summed E-state index contributed by atoms with van der Waals surface area (Å²) in [7, 11) is 0. The fraction of sp³-hybridized carbons (Fsp3) is 0.500. The quantitative estimate of drug-likeness (QED) is 0.770. The Morgan fingerprint density at radius 3 is 2.72 bits per heavy atom. The van der Waals surface area contributed by atoms with Gasteiger partial charge in [-0.25, -0.2) is 4.79 Å². The molecule has 1 fully saturated rings. The van der Waals surface area contributed by atoms with Gasteiger partial charge in [-0.2, -0.15) is 0 Å². The molecule has 18 heavy (non-hydrogen) atoms. The van der Waals surface area contributed by atoms with Gasteiger partial charge in [-0.15, -0.1) is 11.8 Å². The summed E-state index contributed by atoms with van der Waals surface area (Å²) in [5, 5.41) is 12.7. The normalized spacial score (nSPS) is 16.3. The number of carboxylic acids is 1. The monoisotopic (exact) mass is 265 g/mol. The zero-order chi connectivity index (χ0) is 13.2. The Bertz CT molecular complexity index is 455. The maximum atomic E-state index is 11.4. The van der Waals surface area contributed by atoms with E-state index in [1.807, 2.05) is 24.5 Å². The molecular weight excluding hydrogens is 246 g/mol. The van der Waals surface area contributed by atoms with E-state index in [0.717, 1.165) is 23.5 Å². The van der Waals surface area contributed by atoms with Gasteiger partial charge in [-0.05, 0) is 43.1 Å². The third-order valence-corrected chi connectivity index (χ3v) is 4.60. The average Bonchev–Trinajstić information content (AvgIpc) is 3.16. The number of aromatic carboxylic acids is 1. The molecular formula is C14H19NO2S. The van der Waals surface area contributed by atoms with Gasteiger partial charge in [0, 0.05) is 17.1 Å². The molecule has 1 saturated carbocycles. The van der Waals surface area contributed by atoms with Crippen molar-refractivity contribution in [3.63, 3.8) is 0 Å². The van der Waals surface area contributed by atoms with Crippen molar-refractivity contribution in [1.82, 2.24) is 0 Å². The summed E-state index contributed by atoms with van der Waals surface area (Å²) in [6, 6.07) is 5.62. The molecule has 0 atom stereocenters. The van der Waals surface area contributed by atoms with Crippen molar-refractivity contribution in [3.05, 3.63) is 23.8 Å². The molecule has 0 heterocycles. The van der Waals surface area contributed by atoms with Gasteiger partial charge in [0.15, 0.2) is 0 Å². The van der Waals surface area contributed by atoms with Crippen molar-refractivity contribution in [2.75, 3.05) is 18.1 Å². The second kappa shape index (κ2) is 5.22. The van der Waals surface area contributed by atoms with Crippen LogP contribution in [0.15, 0.2) is 23.1 Å². The Hall–Kier alpha value is -1.16. The summed E-state index contributed by atoms with van der Waals surface area (Å²) in [5.41, 5.74) is 1.55. The minimum Gasteiger partial charge on any atom is -0.478 e. The van der Waals surface area contributed by atoms with Crippen LogP contribution in [0.4, 0.5) is 5.69 Å². The van der Waals surface area contributed by atoms with E-state index in [1.165, 1.54) is 24.6 Å². The fourth-order valence-electron chi connectivity index (χ4n) is 2.18. The largest absolute Gasteiger partial charge is 0.478 e. The number of carboxylic acid groups (broad SMARTS) is 1. The van der Waals surface area contributed by atoms with Crippen LogP contribution in [0.2, 0.25) is 0 Å². The number of nitrogens with one attached hydrogen (secondary N) is 1. The van der Waals surface area contributed by atoms with E-state index in [2.05, 4.69) is 12.2 Å². The maximum absolute atomic E-state index is 11.4.